The van der Waals surface area contributed by atoms with Crippen molar-refractivity contribution in [2.45, 2.75) is 32.9 Å². The van der Waals surface area contributed by atoms with Crippen LogP contribution < -0.4 is 10.6 Å². The molecule has 2 rings (SSSR count). The number of carbonyl (C=O) groups excluding carboxylic acids is 1. The molecule has 2 aromatic carbocycles. The summed E-state index contributed by atoms with van der Waals surface area (Å²) in [6, 6.07) is 15.1. The molecule has 0 saturated heterocycles. The summed E-state index contributed by atoms with van der Waals surface area (Å²) in [5.74, 6) is 0. The molecule has 0 aliphatic heterocycles. The van der Waals surface area contributed by atoms with E-state index < -0.39 is 11.7 Å². The first-order valence-electron chi connectivity index (χ1n) is 7.41. The number of para-hydroxylation sites is 2. The molecule has 0 saturated carbocycles. The molecule has 4 nitrogen and oxygen atoms in total. The molecule has 0 radical (unpaired) electrons. The van der Waals surface area contributed by atoms with E-state index in [-0.39, 0.29) is 0 Å². The zero-order valence-corrected chi connectivity index (χ0v) is 14.3. The lowest BCUT2D eigenvalue weighted by Crippen LogP contribution is -2.27. The van der Waals surface area contributed by atoms with Gasteiger partial charge in [0.05, 0.1) is 11.4 Å². The van der Waals surface area contributed by atoms with Crippen LogP contribution in [-0.4, -0.2) is 11.7 Å². The summed E-state index contributed by atoms with van der Waals surface area (Å²) in [6.45, 7) is 6.04. The van der Waals surface area contributed by atoms with Crippen molar-refractivity contribution in [2.75, 3.05) is 10.6 Å². The van der Waals surface area contributed by atoms with Gasteiger partial charge in [0.1, 0.15) is 5.60 Å². The molecule has 0 heterocycles. The van der Waals surface area contributed by atoms with Crippen molar-refractivity contribution in [1.29, 1.82) is 0 Å². The Labute approximate surface area is 141 Å². The molecule has 2 aromatic rings. The molecular weight excluding hydrogens is 312 g/mol. The number of amides is 1. The van der Waals surface area contributed by atoms with Crippen LogP contribution >= 0.6 is 11.6 Å². The van der Waals surface area contributed by atoms with Crippen LogP contribution in [0, 0.1) is 0 Å². The van der Waals surface area contributed by atoms with Crippen LogP contribution in [0.2, 0.25) is 5.02 Å². The van der Waals surface area contributed by atoms with Crippen molar-refractivity contribution in [3.05, 3.63) is 59.1 Å². The maximum atomic E-state index is 11.9. The van der Waals surface area contributed by atoms with Gasteiger partial charge in [0.15, 0.2) is 0 Å². The van der Waals surface area contributed by atoms with Gasteiger partial charge in [0, 0.05) is 11.6 Å². The van der Waals surface area contributed by atoms with E-state index in [2.05, 4.69) is 10.6 Å². The Balaban J connectivity index is 2.06. The van der Waals surface area contributed by atoms with E-state index >= 15 is 0 Å². The number of benzene rings is 2. The van der Waals surface area contributed by atoms with Crippen LogP contribution in [0.1, 0.15) is 26.3 Å². The molecule has 1 amide bonds. The number of nitrogens with one attached hydrogen (secondary N) is 2. The third kappa shape index (κ3) is 5.49. The first-order chi connectivity index (χ1) is 10.8. The Kier molecular flexibility index (Phi) is 5.50. The first kappa shape index (κ1) is 17.2. The van der Waals surface area contributed by atoms with E-state index in [1.54, 1.807) is 0 Å². The molecule has 0 spiro atoms. The molecule has 23 heavy (non-hydrogen) atoms. The van der Waals surface area contributed by atoms with Gasteiger partial charge >= 0.3 is 6.09 Å². The fraction of sp³-hybridized carbons (Fsp3) is 0.278. The van der Waals surface area contributed by atoms with Crippen LogP contribution in [0.4, 0.5) is 16.2 Å². The van der Waals surface area contributed by atoms with Crippen molar-refractivity contribution < 1.29 is 9.53 Å². The Morgan fingerprint density at radius 3 is 2.30 bits per heavy atom. The van der Waals surface area contributed by atoms with Gasteiger partial charge in [-0.3, -0.25) is 5.32 Å². The Morgan fingerprint density at radius 1 is 1.04 bits per heavy atom. The monoisotopic (exact) mass is 332 g/mol. The van der Waals surface area contributed by atoms with Gasteiger partial charge in [0.2, 0.25) is 0 Å². The van der Waals surface area contributed by atoms with Gasteiger partial charge in [-0.15, -0.1) is 0 Å². The predicted molar refractivity (Wildman–Crippen MR) is 95.1 cm³/mol. The minimum absolute atomic E-state index is 0.482. The second-order valence-electron chi connectivity index (χ2n) is 6.12. The molecule has 122 valence electrons. The lowest BCUT2D eigenvalue weighted by Gasteiger charge is -2.20. The molecule has 0 atom stereocenters. The molecule has 0 aromatic heterocycles. The van der Waals surface area contributed by atoms with E-state index in [0.717, 1.165) is 11.3 Å². The van der Waals surface area contributed by atoms with Crippen molar-refractivity contribution in [1.82, 2.24) is 0 Å². The second-order valence-corrected chi connectivity index (χ2v) is 6.52. The third-order valence-corrected chi connectivity index (χ3v) is 3.36. The number of hydrogen-bond acceptors (Lipinski definition) is 3. The number of rotatable bonds is 4. The van der Waals surface area contributed by atoms with Crippen LogP contribution in [0.15, 0.2) is 48.5 Å². The van der Waals surface area contributed by atoms with Crippen LogP contribution in [0.3, 0.4) is 0 Å². The summed E-state index contributed by atoms with van der Waals surface area (Å²) < 4.78 is 5.28. The van der Waals surface area contributed by atoms with Crippen molar-refractivity contribution in [3.63, 3.8) is 0 Å². The normalized spacial score (nSPS) is 11.0. The van der Waals surface area contributed by atoms with Crippen molar-refractivity contribution >= 4 is 29.1 Å². The van der Waals surface area contributed by atoms with Gasteiger partial charge in [0.25, 0.3) is 0 Å². The number of ether oxygens (including phenoxy) is 1. The topological polar surface area (TPSA) is 50.4 Å². The van der Waals surface area contributed by atoms with Gasteiger partial charge < -0.3 is 10.1 Å². The van der Waals surface area contributed by atoms with Gasteiger partial charge in [-0.2, -0.15) is 0 Å². The summed E-state index contributed by atoms with van der Waals surface area (Å²) in [6.07, 6.45) is -0.482. The highest BCUT2D eigenvalue weighted by molar-refractivity contribution is 6.31. The molecule has 0 aliphatic carbocycles. The van der Waals surface area contributed by atoms with E-state index in [1.165, 1.54) is 0 Å². The summed E-state index contributed by atoms with van der Waals surface area (Å²) in [5, 5.41) is 6.75. The minimum Gasteiger partial charge on any atom is -0.444 e. The molecule has 0 unspecified atom stereocenters. The maximum absolute atomic E-state index is 11.9. The highest BCUT2D eigenvalue weighted by Gasteiger charge is 2.17. The van der Waals surface area contributed by atoms with E-state index in [4.69, 9.17) is 16.3 Å². The Morgan fingerprint density at radius 2 is 1.65 bits per heavy atom. The van der Waals surface area contributed by atoms with Crippen LogP contribution in [0.5, 0.6) is 0 Å². The minimum atomic E-state index is -0.538. The Hall–Kier alpha value is -2.20. The summed E-state index contributed by atoms with van der Waals surface area (Å²) >= 11 is 6.16. The molecule has 5 heteroatoms. The number of hydrogen-bond donors (Lipinski definition) is 2. The van der Waals surface area contributed by atoms with Crippen molar-refractivity contribution in [2.24, 2.45) is 0 Å². The zero-order valence-electron chi connectivity index (χ0n) is 13.5. The van der Waals surface area contributed by atoms with Crippen molar-refractivity contribution in [3.8, 4) is 0 Å². The van der Waals surface area contributed by atoms with Gasteiger partial charge in [-0.05, 0) is 44.5 Å². The highest BCUT2D eigenvalue weighted by Crippen LogP contribution is 2.24. The number of halogens is 1. The Bertz CT molecular complexity index is 681. The average molecular weight is 333 g/mol. The fourth-order valence-corrected chi connectivity index (χ4v) is 2.19. The predicted octanol–water partition coefficient (Wildman–Crippen LogP) is 5.30. The van der Waals surface area contributed by atoms with E-state index in [0.29, 0.717) is 17.3 Å². The lowest BCUT2D eigenvalue weighted by atomic mass is 10.2. The fourth-order valence-electron chi connectivity index (χ4n) is 1.99. The molecule has 0 aliphatic rings. The van der Waals surface area contributed by atoms with Crippen LogP contribution in [-0.2, 0) is 11.3 Å². The van der Waals surface area contributed by atoms with Gasteiger partial charge in [-0.25, -0.2) is 4.79 Å². The molecule has 0 bridgehead atoms. The maximum Gasteiger partial charge on any atom is 0.412 e. The van der Waals surface area contributed by atoms with Gasteiger partial charge in [-0.1, -0.05) is 41.9 Å². The first-order valence-corrected chi connectivity index (χ1v) is 7.79. The zero-order chi connectivity index (χ0) is 16.9. The molecule has 0 fully saturated rings. The third-order valence-electron chi connectivity index (χ3n) is 2.99. The van der Waals surface area contributed by atoms with E-state index in [1.807, 2.05) is 69.3 Å². The summed E-state index contributed by atoms with van der Waals surface area (Å²) in [7, 11) is 0. The molecule has 2 N–H and O–H groups in total. The number of carbonyl (C=O) groups is 1. The standard InChI is InChI=1S/C18H21ClN2O2/c1-18(2,3)23-17(22)21-16-11-7-6-10-15(16)20-12-13-8-4-5-9-14(13)19/h4-11,20H,12H2,1-3H3,(H,21,22). The highest BCUT2D eigenvalue weighted by atomic mass is 35.5. The van der Waals surface area contributed by atoms with Crippen LogP contribution in [0.25, 0.3) is 0 Å². The largest absolute Gasteiger partial charge is 0.444 e. The lowest BCUT2D eigenvalue weighted by molar-refractivity contribution is 0.0636. The second kappa shape index (κ2) is 7.38. The average Bonchev–Trinajstić information content (AvgIpc) is 2.46. The summed E-state index contributed by atoms with van der Waals surface area (Å²) in [5.41, 5.74) is 1.91. The summed E-state index contributed by atoms with van der Waals surface area (Å²) in [4.78, 5) is 11.9. The smallest absolute Gasteiger partial charge is 0.412 e. The molecular formula is C18H21ClN2O2. The SMILES string of the molecule is CC(C)(C)OC(=O)Nc1ccccc1NCc1ccccc1Cl. The number of anilines is 2. The quantitative estimate of drug-likeness (QED) is 0.798. The van der Waals surface area contributed by atoms with E-state index in [9.17, 15) is 4.79 Å².